The highest BCUT2D eigenvalue weighted by atomic mass is 14.9. The Bertz CT molecular complexity index is 445. The van der Waals surface area contributed by atoms with Crippen LogP contribution in [0, 0.1) is 12.8 Å². The number of rotatable bonds is 9. The van der Waals surface area contributed by atoms with Crippen molar-refractivity contribution in [3.05, 3.63) is 54.1 Å². The molecule has 0 aromatic heterocycles. The second-order valence-corrected chi connectivity index (χ2v) is 5.50. The van der Waals surface area contributed by atoms with Crippen molar-refractivity contribution in [3.8, 4) is 0 Å². The van der Waals surface area contributed by atoms with Gasteiger partial charge in [-0.2, -0.15) is 0 Å². The van der Waals surface area contributed by atoms with Gasteiger partial charge in [0.15, 0.2) is 0 Å². The van der Waals surface area contributed by atoms with Crippen LogP contribution in [-0.2, 0) is 6.42 Å². The smallest absolute Gasteiger partial charge is 0.0343 e. The van der Waals surface area contributed by atoms with Gasteiger partial charge in [0.25, 0.3) is 0 Å². The number of hydrogen-bond donors (Lipinski definition) is 1. The average Bonchev–Trinajstić information content (AvgIpc) is 2.47. The fourth-order valence-electron chi connectivity index (χ4n) is 2.40. The first-order valence-electron chi connectivity index (χ1n) is 7.77. The van der Waals surface area contributed by atoms with Crippen LogP contribution in [0.15, 0.2) is 37.4 Å². The van der Waals surface area contributed by atoms with Crippen molar-refractivity contribution in [2.75, 3.05) is 6.54 Å². The van der Waals surface area contributed by atoms with Crippen LogP contribution in [-0.4, -0.2) is 6.54 Å². The third-order valence-corrected chi connectivity index (χ3v) is 3.86. The van der Waals surface area contributed by atoms with Crippen LogP contribution in [0.3, 0.4) is 0 Å². The first kappa shape index (κ1) is 16.6. The predicted octanol–water partition coefficient (Wildman–Crippen LogP) is 5.11. The third kappa shape index (κ3) is 4.88. The van der Waals surface area contributed by atoms with Crippen LogP contribution >= 0.6 is 0 Å². The highest BCUT2D eigenvalue weighted by molar-refractivity contribution is 5.65. The van der Waals surface area contributed by atoms with Crippen molar-refractivity contribution in [1.82, 2.24) is 5.32 Å². The molecule has 1 N–H and O–H groups in total. The van der Waals surface area contributed by atoms with Gasteiger partial charge >= 0.3 is 0 Å². The van der Waals surface area contributed by atoms with Gasteiger partial charge in [-0.1, -0.05) is 57.5 Å². The van der Waals surface area contributed by atoms with Crippen LogP contribution in [0.25, 0.3) is 5.70 Å². The highest BCUT2D eigenvalue weighted by Crippen LogP contribution is 2.18. The van der Waals surface area contributed by atoms with Gasteiger partial charge < -0.3 is 5.32 Å². The summed E-state index contributed by atoms with van der Waals surface area (Å²) in [6, 6.07) is 6.62. The molecule has 0 amide bonds. The summed E-state index contributed by atoms with van der Waals surface area (Å²) >= 11 is 0. The summed E-state index contributed by atoms with van der Waals surface area (Å²) in [4.78, 5) is 0. The second-order valence-electron chi connectivity index (χ2n) is 5.50. The monoisotopic (exact) mass is 271 g/mol. The Hall–Kier alpha value is -1.50. The first-order valence-corrected chi connectivity index (χ1v) is 7.77. The first-order chi connectivity index (χ1) is 9.62. The summed E-state index contributed by atoms with van der Waals surface area (Å²) in [5.41, 5.74) is 4.92. The number of hydrogen-bond acceptors (Lipinski definition) is 1. The quantitative estimate of drug-likeness (QED) is 0.615. The molecule has 1 heteroatoms. The van der Waals surface area contributed by atoms with Crippen LogP contribution in [0.5, 0.6) is 0 Å². The molecule has 0 aliphatic carbocycles. The van der Waals surface area contributed by atoms with E-state index in [0.29, 0.717) is 5.92 Å². The molecule has 0 aliphatic rings. The highest BCUT2D eigenvalue weighted by Gasteiger charge is 2.07. The predicted molar refractivity (Wildman–Crippen MR) is 90.8 cm³/mol. The zero-order chi connectivity index (χ0) is 15.0. The Labute approximate surface area is 124 Å². The maximum absolute atomic E-state index is 4.18. The molecule has 1 aromatic carbocycles. The van der Waals surface area contributed by atoms with Crippen molar-refractivity contribution in [3.63, 3.8) is 0 Å². The summed E-state index contributed by atoms with van der Waals surface area (Å²) in [7, 11) is 0. The van der Waals surface area contributed by atoms with Crippen LogP contribution < -0.4 is 5.32 Å². The molecular formula is C19H29N. The summed E-state index contributed by atoms with van der Waals surface area (Å²) in [6.45, 7) is 15.6. The molecule has 0 radical (unpaired) electrons. The van der Waals surface area contributed by atoms with Crippen molar-refractivity contribution in [2.45, 2.75) is 46.5 Å². The van der Waals surface area contributed by atoms with Gasteiger partial charge in [-0.15, -0.1) is 6.58 Å². The molecule has 0 heterocycles. The zero-order valence-electron chi connectivity index (χ0n) is 13.3. The number of nitrogens with one attached hydrogen (secondary N) is 1. The minimum Gasteiger partial charge on any atom is -0.384 e. The van der Waals surface area contributed by atoms with Gasteiger partial charge in [-0.25, -0.2) is 0 Å². The molecule has 110 valence electrons. The van der Waals surface area contributed by atoms with Crippen LogP contribution in [0.1, 0.15) is 49.8 Å². The molecule has 0 spiro atoms. The van der Waals surface area contributed by atoms with E-state index in [1.54, 1.807) is 0 Å². The topological polar surface area (TPSA) is 12.0 Å². The lowest BCUT2D eigenvalue weighted by atomic mass is 10.00. The van der Waals surface area contributed by atoms with E-state index >= 15 is 0 Å². The fourth-order valence-corrected chi connectivity index (χ4v) is 2.40. The molecule has 0 fully saturated rings. The van der Waals surface area contributed by atoms with E-state index in [1.165, 1.54) is 36.0 Å². The Morgan fingerprint density at radius 2 is 2.10 bits per heavy atom. The van der Waals surface area contributed by atoms with Gasteiger partial charge in [0.2, 0.25) is 0 Å². The third-order valence-electron chi connectivity index (χ3n) is 3.86. The minimum atomic E-state index is 0.530. The van der Waals surface area contributed by atoms with Crippen molar-refractivity contribution in [2.24, 2.45) is 5.92 Å². The molecule has 1 unspecified atom stereocenters. The lowest BCUT2D eigenvalue weighted by molar-refractivity contribution is 0.541. The lowest BCUT2D eigenvalue weighted by Gasteiger charge is -2.17. The molecular weight excluding hydrogens is 242 g/mol. The lowest BCUT2D eigenvalue weighted by Crippen LogP contribution is -2.20. The summed E-state index contributed by atoms with van der Waals surface area (Å²) < 4.78 is 0. The molecule has 0 saturated carbocycles. The molecule has 1 atom stereocenters. The number of unbranched alkanes of at least 4 members (excludes halogenated alkanes) is 1. The Morgan fingerprint density at radius 1 is 1.35 bits per heavy atom. The van der Waals surface area contributed by atoms with E-state index in [0.717, 1.165) is 18.7 Å². The Balaban J connectivity index is 2.60. The van der Waals surface area contributed by atoms with Gasteiger partial charge in [-0.3, -0.25) is 0 Å². The van der Waals surface area contributed by atoms with Crippen LogP contribution in [0.4, 0.5) is 0 Å². The maximum Gasteiger partial charge on any atom is 0.0343 e. The van der Waals surface area contributed by atoms with Gasteiger partial charge in [-0.05, 0) is 42.4 Å². The van der Waals surface area contributed by atoms with E-state index in [4.69, 9.17) is 0 Å². The Morgan fingerprint density at radius 3 is 2.65 bits per heavy atom. The Kier molecular flexibility index (Phi) is 7.14. The van der Waals surface area contributed by atoms with Gasteiger partial charge in [0, 0.05) is 12.2 Å². The minimum absolute atomic E-state index is 0.530. The van der Waals surface area contributed by atoms with Gasteiger partial charge in [0.1, 0.15) is 0 Å². The number of benzene rings is 1. The molecule has 0 bridgehead atoms. The van der Waals surface area contributed by atoms with E-state index in [9.17, 15) is 0 Å². The standard InChI is InChI=1S/C19H29N/c1-6-9-10-18(8-3)14-20-16(5)19-12-11-17(7-2)13-15(19)4/h8,11-13,18,20H,3,5-7,9-10,14H2,1-2,4H3. The van der Waals surface area contributed by atoms with E-state index in [1.807, 2.05) is 0 Å². The molecule has 0 saturated heterocycles. The van der Waals surface area contributed by atoms with Crippen molar-refractivity contribution >= 4 is 5.70 Å². The molecule has 20 heavy (non-hydrogen) atoms. The largest absolute Gasteiger partial charge is 0.384 e. The van der Waals surface area contributed by atoms with Crippen LogP contribution in [0.2, 0.25) is 0 Å². The summed E-state index contributed by atoms with van der Waals surface area (Å²) in [5.74, 6) is 0.530. The summed E-state index contributed by atoms with van der Waals surface area (Å²) in [6.07, 6.45) is 6.84. The maximum atomic E-state index is 4.18. The summed E-state index contributed by atoms with van der Waals surface area (Å²) in [5, 5.41) is 3.47. The van der Waals surface area contributed by atoms with E-state index in [2.05, 4.69) is 63.5 Å². The zero-order valence-corrected chi connectivity index (χ0v) is 13.3. The molecule has 1 nitrogen and oxygen atoms in total. The second kappa shape index (κ2) is 8.63. The van der Waals surface area contributed by atoms with E-state index < -0.39 is 0 Å². The van der Waals surface area contributed by atoms with E-state index in [-0.39, 0.29) is 0 Å². The normalized spacial score (nSPS) is 11.9. The van der Waals surface area contributed by atoms with Crippen molar-refractivity contribution < 1.29 is 0 Å². The number of aryl methyl sites for hydroxylation is 2. The molecule has 0 aliphatic heterocycles. The SMILES string of the molecule is C=CC(CCCC)CNC(=C)c1ccc(CC)cc1C. The fraction of sp³-hybridized carbons (Fsp3) is 0.474. The molecule has 1 aromatic rings. The molecule has 1 rings (SSSR count). The van der Waals surface area contributed by atoms with Gasteiger partial charge in [0.05, 0.1) is 0 Å². The average molecular weight is 271 g/mol. The van der Waals surface area contributed by atoms with Crippen molar-refractivity contribution in [1.29, 1.82) is 0 Å².